The highest BCUT2D eigenvalue weighted by Crippen LogP contribution is 2.51. The maximum atomic E-state index is 6.37. The molecular weight excluding hydrogens is 621 g/mol. The van der Waals surface area contributed by atoms with Crippen molar-refractivity contribution in [1.29, 1.82) is 0 Å². The van der Waals surface area contributed by atoms with E-state index in [2.05, 4.69) is 40.9 Å². The fraction of sp³-hybridized carbons (Fsp3) is 0.367. The Kier molecular flexibility index (Phi) is 6.22. The van der Waals surface area contributed by atoms with Crippen LogP contribution in [0.5, 0.6) is 23.0 Å². The summed E-state index contributed by atoms with van der Waals surface area (Å²) in [5.41, 5.74) is 8.12. The third-order valence-electron chi connectivity index (χ3n) is 8.63. The highest BCUT2D eigenvalue weighted by molar-refractivity contribution is 8.13. The molecule has 226 valence electrons. The van der Waals surface area contributed by atoms with Crippen molar-refractivity contribution in [3.8, 4) is 28.0 Å². The van der Waals surface area contributed by atoms with Crippen LogP contribution >= 0.6 is 34.9 Å². The second kappa shape index (κ2) is 10.2. The third-order valence-corrected chi connectivity index (χ3v) is 11.9. The number of fused-ring (bicyclic) bond motifs is 10. The van der Waals surface area contributed by atoms with E-state index < -0.39 is 0 Å². The fourth-order valence-corrected chi connectivity index (χ4v) is 9.16. The van der Waals surface area contributed by atoms with Crippen LogP contribution in [-0.2, 0) is 29.3 Å². The van der Waals surface area contributed by atoms with Crippen LogP contribution in [0.1, 0.15) is 53.6 Å². The van der Waals surface area contributed by atoms with Gasteiger partial charge in [0.15, 0.2) is 39.5 Å². The zero-order valence-electron chi connectivity index (χ0n) is 24.0. The van der Waals surface area contributed by atoms with Gasteiger partial charge in [-0.25, -0.2) is 4.57 Å². The molecule has 0 radical (unpaired) electrons. The van der Waals surface area contributed by atoms with Gasteiger partial charge in [0.2, 0.25) is 19.5 Å². The molecule has 0 amide bonds. The van der Waals surface area contributed by atoms with E-state index in [9.17, 15) is 0 Å². The van der Waals surface area contributed by atoms with E-state index >= 15 is 0 Å². The molecule has 44 heavy (non-hydrogen) atoms. The first-order valence-corrected chi connectivity index (χ1v) is 17.2. The first-order chi connectivity index (χ1) is 21.6. The van der Waals surface area contributed by atoms with Crippen LogP contribution < -0.4 is 29.3 Å². The van der Waals surface area contributed by atoms with Crippen molar-refractivity contribution in [1.82, 2.24) is 20.2 Å². The predicted octanol–water partition coefficient (Wildman–Crippen LogP) is 5.95. The molecular formula is C30H28N6O5S3. The molecule has 7 heterocycles. The largest absolute Gasteiger partial charge is 0.454 e. The van der Waals surface area contributed by atoms with Crippen molar-refractivity contribution in [2.75, 3.05) is 18.5 Å². The number of anilines is 1. The van der Waals surface area contributed by atoms with Gasteiger partial charge in [-0.05, 0) is 54.3 Å². The average molecular weight is 649 g/mol. The summed E-state index contributed by atoms with van der Waals surface area (Å²) >= 11 is 5.10. The van der Waals surface area contributed by atoms with Gasteiger partial charge in [0.1, 0.15) is 5.00 Å². The molecule has 9 rings (SSSR count). The van der Waals surface area contributed by atoms with Gasteiger partial charge < -0.3 is 23.7 Å². The second-order valence-corrected chi connectivity index (χ2v) is 14.3. The molecule has 0 saturated heterocycles. The van der Waals surface area contributed by atoms with Crippen molar-refractivity contribution in [2.24, 2.45) is 5.10 Å². The van der Waals surface area contributed by atoms with Crippen LogP contribution in [0.15, 0.2) is 46.7 Å². The number of thiophene rings is 1. The van der Waals surface area contributed by atoms with Gasteiger partial charge in [-0.15, -0.1) is 21.5 Å². The molecule has 2 aromatic carbocycles. The van der Waals surface area contributed by atoms with E-state index in [4.69, 9.17) is 39.0 Å². The first kappa shape index (κ1) is 26.8. The summed E-state index contributed by atoms with van der Waals surface area (Å²) in [4.78, 5) is 3.46. The molecule has 5 aliphatic heterocycles. The van der Waals surface area contributed by atoms with Crippen LogP contribution in [0.3, 0.4) is 0 Å². The summed E-state index contributed by atoms with van der Waals surface area (Å²) in [5.74, 6) is 5.33. The Morgan fingerprint density at radius 2 is 1.66 bits per heavy atom. The minimum absolute atomic E-state index is 0.160. The number of rotatable bonds is 6. The molecule has 0 bridgehead atoms. The quantitative estimate of drug-likeness (QED) is 0.251. The topological polar surface area (TPSA) is 104 Å². The number of nitrogens with one attached hydrogen (secondary N) is 1. The summed E-state index contributed by atoms with van der Waals surface area (Å²) in [6.45, 7) is 5.53. The Labute approximate surface area is 265 Å². The molecule has 11 nitrogen and oxygen atoms in total. The van der Waals surface area contributed by atoms with E-state index in [1.54, 1.807) is 34.9 Å². The van der Waals surface area contributed by atoms with Crippen molar-refractivity contribution in [3.63, 3.8) is 0 Å². The molecule has 4 aromatic rings. The third kappa shape index (κ3) is 4.25. The predicted molar refractivity (Wildman–Crippen MR) is 168 cm³/mol. The van der Waals surface area contributed by atoms with Gasteiger partial charge in [0.25, 0.3) is 0 Å². The van der Waals surface area contributed by atoms with E-state index in [0.29, 0.717) is 12.4 Å². The van der Waals surface area contributed by atoms with Crippen LogP contribution in [-0.4, -0.2) is 39.1 Å². The second-order valence-electron chi connectivity index (χ2n) is 11.4. The minimum Gasteiger partial charge on any atom is -0.454 e. The Hall–Kier alpha value is -3.59. The molecule has 5 aliphatic rings. The fourth-order valence-electron chi connectivity index (χ4n) is 6.04. The van der Waals surface area contributed by atoms with Gasteiger partial charge in [-0.2, -0.15) is 5.10 Å². The van der Waals surface area contributed by atoms with E-state index in [0.717, 1.165) is 74.0 Å². The lowest BCUT2D eigenvalue weighted by atomic mass is 9.88. The average Bonchev–Trinajstić information content (AvgIpc) is 3.87. The van der Waals surface area contributed by atoms with Gasteiger partial charge in [0.05, 0.1) is 12.2 Å². The van der Waals surface area contributed by atoms with Crippen LogP contribution in [0.2, 0.25) is 0 Å². The molecule has 0 saturated carbocycles. The Morgan fingerprint density at radius 3 is 2.39 bits per heavy atom. The van der Waals surface area contributed by atoms with Crippen molar-refractivity contribution in [2.45, 2.75) is 61.7 Å². The lowest BCUT2D eigenvalue weighted by Gasteiger charge is -2.35. The molecule has 0 fully saturated rings. The normalized spacial score (nSPS) is 21.8. The molecule has 14 heteroatoms. The SMILES string of the molecule is CC[C@@]1(C)Cc2c(sc3c2C2NN=C(SCc4ccc5c(c4)OCO5)N2c2nnc(SCc4ccc5c(c4)OCO5)n2-3)CO1. The number of amidine groups is 1. The number of ether oxygens (including phenoxy) is 5. The first-order valence-electron chi connectivity index (χ1n) is 14.5. The molecule has 0 aliphatic carbocycles. The Morgan fingerprint density at radius 1 is 0.955 bits per heavy atom. The zero-order valence-corrected chi connectivity index (χ0v) is 26.4. The smallest absolute Gasteiger partial charge is 0.241 e. The highest BCUT2D eigenvalue weighted by Gasteiger charge is 2.46. The number of hydrogen-bond donors (Lipinski definition) is 1. The summed E-state index contributed by atoms with van der Waals surface area (Å²) in [7, 11) is 0. The highest BCUT2D eigenvalue weighted by atomic mass is 32.2. The Balaban J connectivity index is 1.06. The Bertz CT molecular complexity index is 1840. The van der Waals surface area contributed by atoms with Gasteiger partial charge in [-0.3, -0.25) is 10.3 Å². The monoisotopic (exact) mass is 648 g/mol. The number of nitrogens with zero attached hydrogens (tertiary/aromatic N) is 5. The number of hydrazone groups is 1. The molecule has 0 spiro atoms. The number of thioether (sulfide) groups is 2. The standard InChI is InChI=1S/C30H28N6O5S3/c1-3-30(2)10-18-23(11-41-30)44-26-24(18)25-31-33-28(42-12-16-4-6-19-21(8-16)39-14-37-19)35(25)27-32-34-29(36(26)27)43-13-17-5-7-20-22(9-17)40-15-38-20/h4-9,25,31H,3,10-15H2,1-2H3/t25?,30-/m0/s1. The van der Waals surface area contributed by atoms with E-state index in [-0.39, 0.29) is 25.4 Å². The maximum absolute atomic E-state index is 6.37. The molecule has 2 aromatic heterocycles. The van der Waals surface area contributed by atoms with Gasteiger partial charge in [-0.1, -0.05) is 42.6 Å². The minimum atomic E-state index is -0.201. The summed E-state index contributed by atoms with van der Waals surface area (Å²) in [6.07, 6.45) is 1.64. The molecule has 1 N–H and O–H groups in total. The molecule has 2 atom stereocenters. The zero-order chi connectivity index (χ0) is 29.4. The van der Waals surface area contributed by atoms with Crippen LogP contribution in [0.25, 0.3) is 5.00 Å². The lowest BCUT2D eigenvalue weighted by Crippen LogP contribution is -2.40. The van der Waals surface area contributed by atoms with Gasteiger partial charge >= 0.3 is 0 Å². The van der Waals surface area contributed by atoms with E-state index in [1.165, 1.54) is 16.0 Å². The van der Waals surface area contributed by atoms with Crippen LogP contribution in [0, 0.1) is 0 Å². The van der Waals surface area contributed by atoms with Crippen LogP contribution in [0.4, 0.5) is 5.95 Å². The molecule has 1 unspecified atom stereocenters. The summed E-state index contributed by atoms with van der Waals surface area (Å²) < 4.78 is 30.8. The van der Waals surface area contributed by atoms with Gasteiger partial charge in [0, 0.05) is 28.4 Å². The lowest BCUT2D eigenvalue weighted by molar-refractivity contribution is -0.0549. The number of benzene rings is 2. The van der Waals surface area contributed by atoms with Crippen molar-refractivity contribution in [3.05, 3.63) is 63.5 Å². The van der Waals surface area contributed by atoms with E-state index in [1.807, 2.05) is 24.3 Å². The van der Waals surface area contributed by atoms with Crippen molar-refractivity contribution >= 4 is 46.0 Å². The van der Waals surface area contributed by atoms with Crippen molar-refractivity contribution < 1.29 is 23.7 Å². The maximum Gasteiger partial charge on any atom is 0.241 e. The number of aromatic nitrogens is 3. The summed E-state index contributed by atoms with van der Waals surface area (Å²) in [6, 6.07) is 12.2. The summed E-state index contributed by atoms with van der Waals surface area (Å²) in [5, 5.41) is 17.1. The number of hydrogen-bond acceptors (Lipinski definition) is 13.